The topological polar surface area (TPSA) is 76.5 Å². The van der Waals surface area contributed by atoms with Crippen LogP contribution in [-0.4, -0.2) is 34.7 Å². The first-order valence-corrected chi connectivity index (χ1v) is 8.81. The first-order chi connectivity index (χ1) is 12.5. The Morgan fingerprint density at radius 3 is 2.88 bits per heavy atom. The summed E-state index contributed by atoms with van der Waals surface area (Å²) in [7, 11) is 1.60. The average molecular weight is 356 g/mol. The first-order valence-electron chi connectivity index (χ1n) is 8.81. The summed E-state index contributed by atoms with van der Waals surface area (Å²) in [5.41, 5.74) is 1.73. The third-order valence-corrected chi connectivity index (χ3v) is 4.58. The maximum atomic E-state index is 12.8. The quantitative estimate of drug-likeness (QED) is 0.859. The van der Waals surface area contributed by atoms with Crippen molar-refractivity contribution in [2.45, 2.75) is 45.8 Å². The molecular weight excluding hydrogens is 332 g/mol. The van der Waals surface area contributed by atoms with Gasteiger partial charge in [0.05, 0.1) is 19.3 Å². The lowest BCUT2D eigenvalue weighted by atomic mass is 10.1. The number of para-hydroxylation sites is 1. The van der Waals surface area contributed by atoms with E-state index in [2.05, 4.69) is 10.4 Å². The molecule has 0 saturated carbocycles. The molecule has 1 atom stereocenters. The van der Waals surface area contributed by atoms with E-state index in [-0.39, 0.29) is 11.8 Å². The van der Waals surface area contributed by atoms with E-state index in [0.717, 1.165) is 17.0 Å². The predicted molar refractivity (Wildman–Crippen MR) is 98.0 cm³/mol. The van der Waals surface area contributed by atoms with Crippen molar-refractivity contribution in [1.82, 2.24) is 15.1 Å². The Morgan fingerprint density at radius 1 is 1.38 bits per heavy atom. The maximum absolute atomic E-state index is 12.8. The van der Waals surface area contributed by atoms with Crippen LogP contribution in [0, 0.1) is 6.92 Å². The Bertz CT molecular complexity index is 815. The number of rotatable bonds is 6. The van der Waals surface area contributed by atoms with E-state index in [9.17, 15) is 9.59 Å². The highest BCUT2D eigenvalue weighted by molar-refractivity contribution is 6.01. The molecule has 2 heterocycles. The molecule has 0 aliphatic carbocycles. The number of hydrogen-bond donors (Lipinski definition) is 1. The van der Waals surface area contributed by atoms with E-state index < -0.39 is 6.04 Å². The molecule has 1 aliphatic heterocycles. The fraction of sp³-hybridized carbons (Fsp3) is 0.421. The van der Waals surface area contributed by atoms with Crippen LogP contribution < -0.4 is 15.0 Å². The molecule has 1 aromatic heterocycles. The van der Waals surface area contributed by atoms with Crippen molar-refractivity contribution in [3.8, 4) is 5.75 Å². The Morgan fingerprint density at radius 2 is 2.15 bits per heavy atom. The fourth-order valence-electron chi connectivity index (χ4n) is 3.31. The molecule has 1 aromatic carbocycles. The minimum absolute atomic E-state index is 0.0447. The van der Waals surface area contributed by atoms with Gasteiger partial charge < -0.3 is 10.1 Å². The van der Waals surface area contributed by atoms with E-state index in [1.807, 2.05) is 44.2 Å². The monoisotopic (exact) mass is 356 g/mol. The highest BCUT2D eigenvalue weighted by atomic mass is 16.5. The van der Waals surface area contributed by atoms with E-state index in [4.69, 9.17) is 4.74 Å². The summed E-state index contributed by atoms with van der Waals surface area (Å²) in [5.74, 6) is 1.19. The zero-order valence-corrected chi connectivity index (χ0v) is 15.4. The molecule has 2 amide bonds. The largest absolute Gasteiger partial charge is 0.496 e. The lowest BCUT2D eigenvalue weighted by molar-refractivity contribution is -0.127. The van der Waals surface area contributed by atoms with Crippen LogP contribution in [0.25, 0.3) is 0 Å². The van der Waals surface area contributed by atoms with Crippen molar-refractivity contribution < 1.29 is 14.3 Å². The molecule has 0 bridgehead atoms. The lowest BCUT2D eigenvalue weighted by Crippen LogP contribution is -2.52. The van der Waals surface area contributed by atoms with Crippen LogP contribution in [-0.2, 0) is 22.7 Å². The molecule has 0 fully saturated rings. The van der Waals surface area contributed by atoms with Gasteiger partial charge in [0.2, 0.25) is 11.8 Å². The molecule has 1 N–H and O–H groups in total. The number of nitrogens with one attached hydrogen (secondary N) is 1. The van der Waals surface area contributed by atoms with Gasteiger partial charge in [0.25, 0.3) is 0 Å². The van der Waals surface area contributed by atoms with Crippen molar-refractivity contribution in [2.24, 2.45) is 0 Å². The zero-order valence-electron chi connectivity index (χ0n) is 15.4. The zero-order chi connectivity index (χ0) is 18.7. The Kier molecular flexibility index (Phi) is 5.25. The molecule has 0 saturated heterocycles. The van der Waals surface area contributed by atoms with Gasteiger partial charge in [-0.15, -0.1) is 0 Å². The summed E-state index contributed by atoms with van der Waals surface area (Å²) in [5, 5.41) is 7.34. The Hall–Kier alpha value is -2.83. The number of aromatic nitrogens is 2. The summed E-state index contributed by atoms with van der Waals surface area (Å²) >= 11 is 0. The standard InChI is InChI=1S/C19H24N4O3/c1-4-15(19(25)20-12-14-7-5-6-8-16(14)26-3)23-17-11-13(2)21-22(17)10-9-18(23)24/h5-8,11,15H,4,9-10,12H2,1-3H3,(H,20,25). The van der Waals surface area contributed by atoms with Gasteiger partial charge in [-0.2, -0.15) is 5.10 Å². The van der Waals surface area contributed by atoms with Crippen molar-refractivity contribution >= 4 is 17.6 Å². The molecule has 7 nitrogen and oxygen atoms in total. The van der Waals surface area contributed by atoms with Crippen LogP contribution in [0.4, 0.5) is 5.82 Å². The van der Waals surface area contributed by atoms with Gasteiger partial charge in [-0.25, -0.2) is 4.68 Å². The van der Waals surface area contributed by atoms with E-state index in [1.165, 1.54) is 0 Å². The van der Waals surface area contributed by atoms with Gasteiger partial charge >= 0.3 is 0 Å². The molecule has 1 unspecified atom stereocenters. The number of carbonyl (C=O) groups excluding carboxylic acids is 2. The SMILES string of the molecule is CCC(C(=O)NCc1ccccc1OC)N1C(=O)CCn2nc(C)cc21. The molecule has 2 aromatic rings. The molecular formula is C19H24N4O3. The summed E-state index contributed by atoms with van der Waals surface area (Å²) in [4.78, 5) is 26.9. The lowest BCUT2D eigenvalue weighted by Gasteiger charge is -2.33. The molecule has 138 valence electrons. The fourth-order valence-corrected chi connectivity index (χ4v) is 3.31. The molecule has 0 radical (unpaired) electrons. The van der Waals surface area contributed by atoms with Gasteiger partial charge in [0.15, 0.2) is 0 Å². The molecule has 7 heteroatoms. The highest BCUT2D eigenvalue weighted by Gasteiger charge is 2.34. The van der Waals surface area contributed by atoms with Gasteiger partial charge in [-0.3, -0.25) is 14.5 Å². The number of amides is 2. The van der Waals surface area contributed by atoms with Crippen molar-refractivity contribution in [2.75, 3.05) is 12.0 Å². The summed E-state index contributed by atoms with van der Waals surface area (Å²) in [6.45, 7) is 4.69. The minimum Gasteiger partial charge on any atom is -0.496 e. The smallest absolute Gasteiger partial charge is 0.243 e. The molecule has 0 spiro atoms. The first kappa shape index (κ1) is 18.0. The number of ether oxygens (including phenoxy) is 1. The number of methoxy groups -OCH3 is 1. The number of anilines is 1. The van der Waals surface area contributed by atoms with Gasteiger partial charge in [0.1, 0.15) is 17.6 Å². The van der Waals surface area contributed by atoms with Gasteiger partial charge in [0, 0.05) is 24.6 Å². The average Bonchev–Trinajstić information content (AvgIpc) is 3.03. The van der Waals surface area contributed by atoms with Crippen LogP contribution in [0.1, 0.15) is 31.0 Å². The van der Waals surface area contributed by atoms with Crippen molar-refractivity contribution in [1.29, 1.82) is 0 Å². The molecule has 26 heavy (non-hydrogen) atoms. The Balaban J connectivity index is 1.78. The third-order valence-electron chi connectivity index (χ3n) is 4.58. The third kappa shape index (κ3) is 3.42. The van der Waals surface area contributed by atoms with Crippen LogP contribution in [0.3, 0.4) is 0 Å². The van der Waals surface area contributed by atoms with Crippen molar-refractivity contribution in [3.63, 3.8) is 0 Å². The van der Waals surface area contributed by atoms with Crippen LogP contribution in [0.5, 0.6) is 5.75 Å². The predicted octanol–water partition coefficient (Wildman–Crippen LogP) is 2.03. The van der Waals surface area contributed by atoms with Crippen LogP contribution in [0.2, 0.25) is 0 Å². The summed E-state index contributed by atoms with van der Waals surface area (Å²) in [6, 6.07) is 8.84. The highest BCUT2D eigenvalue weighted by Crippen LogP contribution is 2.26. The Labute approximate surface area is 152 Å². The van der Waals surface area contributed by atoms with E-state index >= 15 is 0 Å². The second kappa shape index (κ2) is 7.59. The van der Waals surface area contributed by atoms with Crippen molar-refractivity contribution in [3.05, 3.63) is 41.6 Å². The summed E-state index contributed by atoms with van der Waals surface area (Å²) < 4.78 is 7.12. The van der Waals surface area contributed by atoms with E-state index in [0.29, 0.717) is 31.7 Å². The molecule has 3 rings (SSSR count). The normalized spacial score (nSPS) is 14.7. The number of aryl methyl sites for hydroxylation is 2. The number of benzene rings is 1. The van der Waals surface area contributed by atoms with Crippen LogP contribution in [0.15, 0.2) is 30.3 Å². The number of nitrogens with zero attached hydrogens (tertiary/aromatic N) is 3. The number of carbonyl (C=O) groups is 2. The number of hydrogen-bond acceptors (Lipinski definition) is 4. The van der Waals surface area contributed by atoms with Gasteiger partial charge in [-0.05, 0) is 19.4 Å². The van der Waals surface area contributed by atoms with Crippen LogP contribution >= 0.6 is 0 Å². The minimum atomic E-state index is -0.563. The summed E-state index contributed by atoms with van der Waals surface area (Å²) in [6.07, 6.45) is 0.873. The second-order valence-electron chi connectivity index (χ2n) is 6.33. The maximum Gasteiger partial charge on any atom is 0.243 e. The molecule has 1 aliphatic rings. The van der Waals surface area contributed by atoms with Gasteiger partial charge in [-0.1, -0.05) is 25.1 Å². The number of fused-ring (bicyclic) bond motifs is 1. The second-order valence-corrected chi connectivity index (χ2v) is 6.33. The van der Waals surface area contributed by atoms with E-state index in [1.54, 1.807) is 16.7 Å².